The lowest BCUT2D eigenvalue weighted by molar-refractivity contribution is 0.407. The molecule has 15 heavy (non-hydrogen) atoms. The summed E-state index contributed by atoms with van der Waals surface area (Å²) >= 11 is 0. The average molecular weight is 205 g/mol. The van der Waals surface area contributed by atoms with Gasteiger partial charge in [-0.2, -0.15) is 0 Å². The Morgan fingerprint density at radius 3 is 2.73 bits per heavy atom. The first-order chi connectivity index (χ1) is 7.04. The minimum Gasteiger partial charge on any atom is -0.325 e. The van der Waals surface area contributed by atoms with Crippen molar-refractivity contribution in [3.05, 3.63) is 23.8 Å². The summed E-state index contributed by atoms with van der Waals surface area (Å²) in [6.45, 7) is 4.01. The number of hydrogen-bond donors (Lipinski definition) is 1. The fourth-order valence-corrected chi connectivity index (χ4v) is 1.84. The highest BCUT2D eigenvalue weighted by Crippen LogP contribution is 2.34. The van der Waals surface area contributed by atoms with Crippen molar-refractivity contribution in [3.63, 3.8) is 0 Å². The normalized spacial score (nSPS) is 17.5. The van der Waals surface area contributed by atoms with E-state index < -0.39 is 0 Å². The number of hydrogen-bond acceptors (Lipinski definition) is 3. The van der Waals surface area contributed by atoms with Gasteiger partial charge >= 0.3 is 0 Å². The molecular formula is C12H19N3. The monoisotopic (exact) mass is 205 g/mol. The lowest BCUT2D eigenvalue weighted by Gasteiger charge is -2.25. The maximum atomic E-state index is 5.96. The molecule has 1 heterocycles. The first-order valence-corrected chi connectivity index (χ1v) is 5.65. The molecule has 0 bridgehead atoms. The lowest BCUT2D eigenvalue weighted by atomic mass is 9.83. The Kier molecular flexibility index (Phi) is 2.74. The van der Waals surface area contributed by atoms with Crippen LogP contribution < -0.4 is 5.73 Å². The largest absolute Gasteiger partial charge is 0.325 e. The lowest BCUT2D eigenvalue weighted by Crippen LogP contribution is -2.35. The highest BCUT2D eigenvalue weighted by molar-refractivity contribution is 5.12. The molecule has 0 aliphatic heterocycles. The minimum absolute atomic E-state index is 0.224. The van der Waals surface area contributed by atoms with Gasteiger partial charge in [0.05, 0.1) is 0 Å². The van der Waals surface area contributed by atoms with Crippen LogP contribution in [0, 0.1) is 0 Å². The quantitative estimate of drug-likeness (QED) is 0.821. The molecule has 0 amide bonds. The predicted octanol–water partition coefficient (Wildman–Crippen LogP) is 2.02. The third kappa shape index (κ3) is 2.75. The van der Waals surface area contributed by atoms with Gasteiger partial charge in [-0.3, -0.25) is 0 Å². The Balaban J connectivity index is 2.11. The predicted molar refractivity (Wildman–Crippen MR) is 60.6 cm³/mol. The van der Waals surface area contributed by atoms with Gasteiger partial charge in [-0.05, 0) is 32.8 Å². The molecule has 3 nitrogen and oxygen atoms in total. The van der Waals surface area contributed by atoms with E-state index in [9.17, 15) is 0 Å². The van der Waals surface area contributed by atoms with Gasteiger partial charge in [-0.1, -0.05) is 6.42 Å². The van der Waals surface area contributed by atoms with Crippen LogP contribution in [0.2, 0.25) is 0 Å². The van der Waals surface area contributed by atoms with Gasteiger partial charge in [-0.15, -0.1) is 0 Å². The maximum absolute atomic E-state index is 5.96. The third-order valence-corrected chi connectivity index (χ3v) is 2.86. The molecular weight excluding hydrogens is 186 g/mol. The van der Waals surface area contributed by atoms with E-state index in [1.54, 1.807) is 0 Å². The number of aromatic nitrogens is 2. The molecule has 3 heteroatoms. The first-order valence-electron chi connectivity index (χ1n) is 5.65. The highest BCUT2D eigenvalue weighted by atomic mass is 14.9. The second-order valence-corrected chi connectivity index (χ2v) is 5.19. The number of nitrogens with zero attached hydrogens (tertiary/aromatic N) is 2. The van der Waals surface area contributed by atoms with E-state index in [1.807, 2.05) is 26.1 Å². The van der Waals surface area contributed by atoms with Crippen molar-refractivity contribution in [2.45, 2.75) is 51.0 Å². The molecule has 0 atom stereocenters. The van der Waals surface area contributed by atoms with Crippen molar-refractivity contribution < 1.29 is 0 Å². The second-order valence-electron chi connectivity index (χ2n) is 5.19. The van der Waals surface area contributed by atoms with E-state index >= 15 is 0 Å². The van der Waals surface area contributed by atoms with E-state index in [0.717, 1.165) is 12.2 Å². The van der Waals surface area contributed by atoms with Crippen LogP contribution in [0.1, 0.15) is 50.5 Å². The molecule has 82 valence electrons. The van der Waals surface area contributed by atoms with Crippen molar-refractivity contribution in [1.82, 2.24) is 9.97 Å². The molecule has 1 aromatic rings. The maximum Gasteiger partial charge on any atom is 0.130 e. The summed E-state index contributed by atoms with van der Waals surface area (Å²) in [4.78, 5) is 8.86. The Bertz CT molecular complexity index is 337. The van der Waals surface area contributed by atoms with Gasteiger partial charge < -0.3 is 5.73 Å². The van der Waals surface area contributed by atoms with Crippen molar-refractivity contribution in [3.8, 4) is 0 Å². The van der Waals surface area contributed by atoms with Gasteiger partial charge in [0.25, 0.3) is 0 Å². The van der Waals surface area contributed by atoms with Crippen molar-refractivity contribution in [1.29, 1.82) is 0 Å². The zero-order chi connectivity index (χ0) is 10.9. The van der Waals surface area contributed by atoms with Crippen molar-refractivity contribution in [2.24, 2.45) is 5.73 Å². The van der Waals surface area contributed by atoms with E-state index in [0.29, 0.717) is 5.92 Å². The van der Waals surface area contributed by atoms with Crippen LogP contribution in [0.15, 0.2) is 12.3 Å². The fraction of sp³-hybridized carbons (Fsp3) is 0.667. The summed E-state index contributed by atoms with van der Waals surface area (Å²) in [5.41, 5.74) is 6.94. The van der Waals surface area contributed by atoms with Gasteiger partial charge in [0.15, 0.2) is 0 Å². The molecule has 0 unspecified atom stereocenters. The standard InChI is InChI=1S/C12H19N3/c1-12(2,13)8-11-14-7-6-10(15-11)9-4-3-5-9/h6-7,9H,3-5,8,13H2,1-2H3. The molecule has 2 N–H and O–H groups in total. The molecule has 2 rings (SSSR count). The van der Waals surface area contributed by atoms with Crippen LogP contribution in [0.3, 0.4) is 0 Å². The van der Waals surface area contributed by atoms with E-state index in [1.165, 1.54) is 25.0 Å². The Morgan fingerprint density at radius 1 is 1.47 bits per heavy atom. The number of nitrogens with two attached hydrogens (primary N) is 1. The smallest absolute Gasteiger partial charge is 0.130 e. The molecule has 1 aromatic heterocycles. The van der Waals surface area contributed by atoms with Crippen molar-refractivity contribution >= 4 is 0 Å². The summed E-state index contributed by atoms with van der Waals surface area (Å²) in [6.07, 6.45) is 6.51. The summed E-state index contributed by atoms with van der Waals surface area (Å²) in [6, 6.07) is 2.04. The zero-order valence-electron chi connectivity index (χ0n) is 9.53. The van der Waals surface area contributed by atoms with Crippen LogP contribution in [-0.4, -0.2) is 15.5 Å². The van der Waals surface area contributed by atoms with Crippen LogP contribution in [-0.2, 0) is 6.42 Å². The summed E-state index contributed by atoms with van der Waals surface area (Å²) in [5.74, 6) is 1.56. The fourth-order valence-electron chi connectivity index (χ4n) is 1.84. The first kappa shape index (κ1) is 10.6. The molecule has 1 fully saturated rings. The van der Waals surface area contributed by atoms with E-state index in [4.69, 9.17) is 5.73 Å². The van der Waals surface area contributed by atoms with Gasteiger partial charge in [0.2, 0.25) is 0 Å². The average Bonchev–Trinajstić information content (AvgIpc) is 1.97. The molecule has 0 aromatic carbocycles. The van der Waals surface area contributed by atoms with E-state index in [-0.39, 0.29) is 5.54 Å². The molecule has 1 aliphatic rings. The molecule has 0 saturated heterocycles. The third-order valence-electron chi connectivity index (χ3n) is 2.86. The minimum atomic E-state index is -0.224. The van der Waals surface area contributed by atoms with Gasteiger partial charge in [-0.25, -0.2) is 9.97 Å². The second kappa shape index (κ2) is 3.89. The van der Waals surface area contributed by atoms with Crippen LogP contribution >= 0.6 is 0 Å². The topological polar surface area (TPSA) is 51.8 Å². The molecule has 0 spiro atoms. The zero-order valence-corrected chi connectivity index (χ0v) is 9.53. The molecule has 1 saturated carbocycles. The van der Waals surface area contributed by atoms with Gasteiger partial charge in [0.1, 0.15) is 5.82 Å². The van der Waals surface area contributed by atoms with Crippen LogP contribution in [0.5, 0.6) is 0 Å². The van der Waals surface area contributed by atoms with Crippen molar-refractivity contribution in [2.75, 3.05) is 0 Å². The van der Waals surface area contributed by atoms with Gasteiger partial charge in [0, 0.05) is 29.8 Å². The SMILES string of the molecule is CC(C)(N)Cc1nccc(C2CCC2)n1. The Morgan fingerprint density at radius 2 is 2.20 bits per heavy atom. The summed E-state index contributed by atoms with van der Waals surface area (Å²) < 4.78 is 0. The highest BCUT2D eigenvalue weighted by Gasteiger charge is 2.22. The Labute approximate surface area is 91.1 Å². The Hall–Kier alpha value is -0.960. The number of rotatable bonds is 3. The summed E-state index contributed by atoms with van der Waals surface area (Å²) in [5, 5.41) is 0. The van der Waals surface area contributed by atoms with Crippen LogP contribution in [0.25, 0.3) is 0 Å². The van der Waals surface area contributed by atoms with E-state index in [2.05, 4.69) is 9.97 Å². The molecule has 1 aliphatic carbocycles. The summed E-state index contributed by atoms with van der Waals surface area (Å²) in [7, 11) is 0. The molecule has 0 radical (unpaired) electrons. The van der Waals surface area contributed by atoms with Crippen LogP contribution in [0.4, 0.5) is 0 Å².